The maximum absolute atomic E-state index is 11.8. The van der Waals surface area contributed by atoms with Crippen LogP contribution in [0.2, 0.25) is 5.02 Å². The number of hydrogen-bond acceptors (Lipinski definition) is 5. The minimum atomic E-state index is -0.448. The summed E-state index contributed by atoms with van der Waals surface area (Å²) in [4.78, 5) is 16.2. The molecule has 0 radical (unpaired) electrons. The molecule has 0 aromatic carbocycles. The highest BCUT2D eigenvalue weighted by atomic mass is 35.5. The fourth-order valence-corrected chi connectivity index (χ4v) is 3.65. The number of rotatable bonds is 4. The molecule has 0 atom stereocenters. The summed E-state index contributed by atoms with van der Waals surface area (Å²) >= 11 is 7.73. The molecule has 0 spiro atoms. The van der Waals surface area contributed by atoms with Crippen molar-refractivity contribution >= 4 is 34.4 Å². The number of methoxy groups -OCH3 is 1. The van der Waals surface area contributed by atoms with Crippen molar-refractivity contribution in [2.45, 2.75) is 6.42 Å². The fraction of sp³-hybridized carbons (Fsp3) is 0.105. The lowest BCUT2D eigenvalue weighted by Crippen LogP contribution is -2.06. The molecule has 0 unspecified atom stereocenters. The van der Waals surface area contributed by atoms with E-state index in [9.17, 15) is 4.79 Å². The van der Waals surface area contributed by atoms with Crippen molar-refractivity contribution in [3.8, 4) is 11.3 Å². The van der Waals surface area contributed by atoms with Gasteiger partial charge in [0.2, 0.25) is 0 Å². The smallest absolute Gasteiger partial charge is 0.356 e. The predicted molar refractivity (Wildman–Crippen MR) is 102 cm³/mol. The molecule has 0 bridgehead atoms. The van der Waals surface area contributed by atoms with Gasteiger partial charge in [-0.2, -0.15) is 16.4 Å². The quantitative estimate of drug-likeness (QED) is 0.487. The van der Waals surface area contributed by atoms with Gasteiger partial charge in [0.15, 0.2) is 0 Å². The lowest BCUT2D eigenvalue weighted by molar-refractivity contribution is 0.0593. The Balaban J connectivity index is 1.83. The fourth-order valence-electron chi connectivity index (χ4n) is 2.86. The summed E-state index contributed by atoms with van der Waals surface area (Å²) in [5.41, 5.74) is 5.00. The van der Waals surface area contributed by atoms with Crippen LogP contribution in [0.4, 0.5) is 0 Å². The molecular formula is C19H14ClN3O2S. The van der Waals surface area contributed by atoms with Crippen LogP contribution in [-0.4, -0.2) is 27.7 Å². The van der Waals surface area contributed by atoms with Crippen LogP contribution in [0, 0.1) is 0 Å². The molecule has 0 saturated heterocycles. The largest absolute Gasteiger partial charge is 0.464 e. The van der Waals surface area contributed by atoms with E-state index in [1.54, 1.807) is 34.2 Å². The molecule has 4 aromatic rings. The Labute approximate surface area is 158 Å². The number of nitrogens with zero attached hydrogens (tertiary/aromatic N) is 3. The number of fused-ring (bicyclic) bond motifs is 1. The average Bonchev–Trinajstić information content (AvgIpc) is 3.29. The van der Waals surface area contributed by atoms with Crippen molar-refractivity contribution in [1.82, 2.24) is 14.6 Å². The molecule has 130 valence electrons. The van der Waals surface area contributed by atoms with E-state index < -0.39 is 5.97 Å². The SMILES string of the molecule is COC(=O)c1cccc(Cc2c(-c3ccsc3)nn3cc(Cl)ccc23)n1. The Kier molecular flexibility index (Phi) is 4.44. The summed E-state index contributed by atoms with van der Waals surface area (Å²) < 4.78 is 6.55. The Morgan fingerprint density at radius 2 is 2.15 bits per heavy atom. The van der Waals surface area contributed by atoms with Crippen molar-refractivity contribution in [2.75, 3.05) is 7.11 Å². The summed E-state index contributed by atoms with van der Waals surface area (Å²) in [6.45, 7) is 0. The van der Waals surface area contributed by atoms with Crippen LogP contribution in [0.15, 0.2) is 53.4 Å². The van der Waals surface area contributed by atoms with Gasteiger partial charge in [0.05, 0.1) is 23.3 Å². The number of ether oxygens (including phenoxy) is 1. The average molecular weight is 384 g/mol. The number of thiophene rings is 1. The van der Waals surface area contributed by atoms with Gasteiger partial charge in [-0.3, -0.25) is 0 Å². The van der Waals surface area contributed by atoms with E-state index in [1.807, 2.05) is 29.6 Å². The number of aromatic nitrogens is 3. The second-order valence-electron chi connectivity index (χ2n) is 5.70. The topological polar surface area (TPSA) is 56.5 Å². The standard InChI is InChI=1S/C19H14ClN3O2S/c1-25-19(24)16-4-2-3-14(21-16)9-15-17-6-5-13(20)10-23(17)22-18(15)12-7-8-26-11-12/h2-8,10-11H,9H2,1H3. The Morgan fingerprint density at radius 1 is 1.27 bits per heavy atom. The van der Waals surface area contributed by atoms with Gasteiger partial charge in [-0.25, -0.2) is 14.3 Å². The van der Waals surface area contributed by atoms with E-state index in [4.69, 9.17) is 21.4 Å². The third-order valence-electron chi connectivity index (χ3n) is 4.05. The van der Waals surface area contributed by atoms with Gasteiger partial charge in [-0.05, 0) is 35.7 Å². The van der Waals surface area contributed by atoms with Gasteiger partial charge < -0.3 is 4.74 Å². The second-order valence-corrected chi connectivity index (χ2v) is 6.92. The zero-order chi connectivity index (χ0) is 18.1. The first kappa shape index (κ1) is 16.8. The summed E-state index contributed by atoms with van der Waals surface area (Å²) in [5, 5.41) is 9.41. The van der Waals surface area contributed by atoms with Gasteiger partial charge in [-0.15, -0.1) is 0 Å². The first-order valence-electron chi connectivity index (χ1n) is 7.89. The number of carbonyl (C=O) groups excluding carboxylic acids is 1. The molecule has 0 N–H and O–H groups in total. The van der Waals surface area contributed by atoms with Crippen molar-refractivity contribution in [3.05, 3.63) is 75.3 Å². The number of halogens is 1. The molecule has 0 aliphatic heterocycles. The zero-order valence-electron chi connectivity index (χ0n) is 13.8. The zero-order valence-corrected chi connectivity index (χ0v) is 15.4. The van der Waals surface area contributed by atoms with E-state index in [2.05, 4.69) is 10.4 Å². The highest BCUT2D eigenvalue weighted by molar-refractivity contribution is 7.08. The maximum Gasteiger partial charge on any atom is 0.356 e. The summed E-state index contributed by atoms with van der Waals surface area (Å²) in [5.74, 6) is -0.448. The van der Waals surface area contributed by atoms with Gasteiger partial charge >= 0.3 is 5.97 Å². The van der Waals surface area contributed by atoms with Crippen molar-refractivity contribution in [2.24, 2.45) is 0 Å². The molecule has 4 rings (SSSR count). The number of esters is 1. The molecule has 0 amide bonds. The Bertz CT molecular complexity index is 1090. The van der Waals surface area contributed by atoms with Crippen molar-refractivity contribution in [3.63, 3.8) is 0 Å². The summed E-state index contributed by atoms with van der Waals surface area (Å²) in [6, 6.07) is 11.2. The lowest BCUT2D eigenvalue weighted by atomic mass is 10.0. The van der Waals surface area contributed by atoms with Crippen LogP contribution in [0.3, 0.4) is 0 Å². The van der Waals surface area contributed by atoms with Crippen LogP contribution in [0.25, 0.3) is 16.8 Å². The van der Waals surface area contributed by atoms with Gasteiger partial charge in [0, 0.05) is 34.8 Å². The minimum Gasteiger partial charge on any atom is -0.464 e. The second kappa shape index (κ2) is 6.90. The van der Waals surface area contributed by atoms with Crippen LogP contribution >= 0.6 is 22.9 Å². The monoisotopic (exact) mass is 383 g/mol. The third kappa shape index (κ3) is 3.09. The van der Waals surface area contributed by atoms with E-state index >= 15 is 0 Å². The third-order valence-corrected chi connectivity index (χ3v) is 4.96. The number of hydrogen-bond donors (Lipinski definition) is 0. The molecule has 7 heteroatoms. The minimum absolute atomic E-state index is 0.293. The van der Waals surface area contributed by atoms with Crippen molar-refractivity contribution < 1.29 is 9.53 Å². The highest BCUT2D eigenvalue weighted by Gasteiger charge is 2.17. The molecule has 0 aliphatic carbocycles. The molecule has 0 saturated carbocycles. The Hall–Kier alpha value is -2.70. The van der Waals surface area contributed by atoms with Crippen LogP contribution < -0.4 is 0 Å². The molecular weight excluding hydrogens is 370 g/mol. The summed E-state index contributed by atoms with van der Waals surface area (Å²) in [7, 11) is 1.35. The van der Waals surface area contributed by atoms with E-state index in [1.165, 1.54) is 7.11 Å². The van der Waals surface area contributed by atoms with E-state index in [0.29, 0.717) is 17.1 Å². The highest BCUT2D eigenvalue weighted by Crippen LogP contribution is 2.30. The van der Waals surface area contributed by atoms with Gasteiger partial charge in [0.25, 0.3) is 0 Å². The van der Waals surface area contributed by atoms with Crippen LogP contribution in [0.5, 0.6) is 0 Å². The lowest BCUT2D eigenvalue weighted by Gasteiger charge is -2.05. The first-order chi connectivity index (χ1) is 12.7. The predicted octanol–water partition coefficient (Wildman–Crippen LogP) is 4.49. The van der Waals surface area contributed by atoms with Gasteiger partial charge in [0.1, 0.15) is 5.69 Å². The van der Waals surface area contributed by atoms with Crippen LogP contribution in [-0.2, 0) is 11.2 Å². The molecule has 4 heterocycles. The van der Waals surface area contributed by atoms with Crippen molar-refractivity contribution in [1.29, 1.82) is 0 Å². The Morgan fingerprint density at radius 3 is 2.92 bits per heavy atom. The summed E-state index contributed by atoms with van der Waals surface area (Å²) in [6.07, 6.45) is 2.33. The molecule has 5 nitrogen and oxygen atoms in total. The van der Waals surface area contributed by atoms with E-state index in [0.717, 1.165) is 28.0 Å². The molecule has 0 aliphatic rings. The number of pyridine rings is 2. The molecule has 26 heavy (non-hydrogen) atoms. The molecule has 4 aromatic heterocycles. The normalized spacial score (nSPS) is 11.0. The van der Waals surface area contributed by atoms with E-state index in [-0.39, 0.29) is 0 Å². The van der Waals surface area contributed by atoms with Gasteiger partial charge in [-0.1, -0.05) is 17.7 Å². The first-order valence-corrected chi connectivity index (χ1v) is 9.21. The maximum atomic E-state index is 11.8. The molecule has 0 fully saturated rings. The van der Waals surface area contributed by atoms with Crippen LogP contribution in [0.1, 0.15) is 21.7 Å². The number of carbonyl (C=O) groups is 1.